The van der Waals surface area contributed by atoms with Gasteiger partial charge >= 0.3 is 12.1 Å². The summed E-state index contributed by atoms with van der Waals surface area (Å²) < 4.78 is 19.2. The summed E-state index contributed by atoms with van der Waals surface area (Å²) in [7, 11) is 0. The lowest BCUT2D eigenvalue weighted by Crippen LogP contribution is -2.54. The van der Waals surface area contributed by atoms with Crippen LogP contribution in [-0.4, -0.2) is 49.6 Å². The van der Waals surface area contributed by atoms with E-state index in [2.05, 4.69) is 12.1 Å². The Labute approximate surface area is 282 Å². The van der Waals surface area contributed by atoms with E-state index in [0.29, 0.717) is 47.4 Å². The van der Waals surface area contributed by atoms with E-state index in [1.54, 1.807) is 46.8 Å². The monoisotopic (exact) mass is 660 g/mol. The molecule has 2 aromatic carbocycles. The minimum absolute atomic E-state index is 0.274. The van der Waals surface area contributed by atoms with Crippen molar-refractivity contribution >= 4 is 34.7 Å². The molecule has 1 fully saturated rings. The summed E-state index contributed by atoms with van der Waals surface area (Å²) in [5.41, 5.74) is 0.784. The van der Waals surface area contributed by atoms with Gasteiger partial charge in [0.15, 0.2) is 0 Å². The number of hydrogen-bond acceptors (Lipinski definition) is 7. The summed E-state index contributed by atoms with van der Waals surface area (Å²) in [6.07, 6.45) is 0.639. The molecule has 4 aromatic rings. The molecule has 0 saturated heterocycles. The van der Waals surface area contributed by atoms with Crippen LogP contribution in [0.15, 0.2) is 66.7 Å². The highest BCUT2D eigenvalue weighted by molar-refractivity contribution is 6.33. The van der Waals surface area contributed by atoms with Crippen molar-refractivity contribution in [2.45, 2.75) is 104 Å². The molecule has 5 rings (SSSR count). The molecule has 1 saturated carbocycles. The largest absolute Gasteiger partial charge is 0.475 e. The molecule has 0 aliphatic heterocycles. The van der Waals surface area contributed by atoms with Gasteiger partial charge in [0.2, 0.25) is 5.88 Å². The highest BCUT2D eigenvalue weighted by Gasteiger charge is 2.52. The molecule has 250 valence electrons. The van der Waals surface area contributed by atoms with E-state index in [1.165, 1.54) is 4.57 Å². The Morgan fingerprint density at radius 3 is 1.96 bits per heavy atom. The van der Waals surface area contributed by atoms with Gasteiger partial charge in [0, 0.05) is 11.6 Å². The molecule has 0 unspecified atom stereocenters. The Kier molecular flexibility index (Phi) is 9.25. The van der Waals surface area contributed by atoms with Crippen molar-refractivity contribution in [3.63, 3.8) is 0 Å². The summed E-state index contributed by atoms with van der Waals surface area (Å²) in [6.45, 7) is 14.3. The van der Waals surface area contributed by atoms with Gasteiger partial charge in [-0.3, -0.25) is 4.79 Å². The SMILES string of the molecule is CC(C)(C)OC(=O)n1c(O[C@H]2CC[C@@](O)(C(C)(C)C(=O)OC(C)(C)C)CC2)cc2nc(-c3ccc(-c4ccccc4)cc3)c(Cl)cc21. The molecule has 1 N–H and O–H groups in total. The van der Waals surface area contributed by atoms with E-state index in [-0.39, 0.29) is 12.0 Å². The number of halogens is 1. The zero-order valence-electron chi connectivity index (χ0n) is 28.5. The minimum atomic E-state index is -1.27. The molecule has 0 bridgehead atoms. The molecule has 0 amide bonds. The molecular formula is C38H45ClN2O6. The molecule has 0 radical (unpaired) electrons. The summed E-state index contributed by atoms with van der Waals surface area (Å²) in [6, 6.07) is 21.6. The summed E-state index contributed by atoms with van der Waals surface area (Å²) in [5, 5.41) is 12.0. The standard InChI is InChI=1S/C38H45ClN2O6/c1-35(2,3)46-33(42)37(7,8)38(44)20-18-27(19-21-38)45-31-23-29-30(41(31)34(43)47-36(4,5)6)22-28(39)32(40-29)26-16-14-25(15-17-26)24-12-10-9-11-13-24/h9-17,22-23,27,44H,18-21H2,1-8H3/t27-,38-. The van der Waals surface area contributed by atoms with Crippen molar-refractivity contribution in [2.24, 2.45) is 5.41 Å². The number of aromatic nitrogens is 2. The second-order valence-electron chi connectivity index (χ2n) is 14.9. The van der Waals surface area contributed by atoms with Crippen LogP contribution in [0.3, 0.4) is 0 Å². The van der Waals surface area contributed by atoms with Crippen molar-refractivity contribution in [3.8, 4) is 28.3 Å². The highest BCUT2D eigenvalue weighted by atomic mass is 35.5. The first-order chi connectivity index (χ1) is 21.9. The lowest BCUT2D eigenvalue weighted by atomic mass is 9.66. The predicted octanol–water partition coefficient (Wildman–Crippen LogP) is 9.23. The fraction of sp³-hybridized carbons (Fsp3) is 0.447. The van der Waals surface area contributed by atoms with Crippen molar-refractivity contribution in [3.05, 3.63) is 71.8 Å². The first-order valence-electron chi connectivity index (χ1n) is 16.1. The number of aliphatic hydroxyl groups is 1. The zero-order chi connectivity index (χ0) is 34.4. The smallest absolute Gasteiger partial charge is 0.421 e. The number of benzene rings is 2. The van der Waals surface area contributed by atoms with E-state index < -0.39 is 34.3 Å². The van der Waals surface area contributed by atoms with Crippen LogP contribution >= 0.6 is 11.6 Å². The zero-order valence-corrected chi connectivity index (χ0v) is 29.3. The number of fused-ring (bicyclic) bond motifs is 1. The predicted molar refractivity (Wildman–Crippen MR) is 185 cm³/mol. The number of hydrogen-bond donors (Lipinski definition) is 1. The minimum Gasteiger partial charge on any atom is -0.475 e. The average Bonchev–Trinajstić information content (AvgIpc) is 3.33. The summed E-state index contributed by atoms with van der Waals surface area (Å²) in [5.74, 6) is -0.165. The summed E-state index contributed by atoms with van der Waals surface area (Å²) >= 11 is 6.81. The maximum Gasteiger partial charge on any atom is 0.421 e. The van der Waals surface area contributed by atoms with Crippen LogP contribution in [0.1, 0.15) is 81.1 Å². The molecule has 2 aromatic heterocycles. The van der Waals surface area contributed by atoms with Crippen LogP contribution in [0.4, 0.5) is 4.79 Å². The van der Waals surface area contributed by atoms with Gasteiger partial charge in [0.25, 0.3) is 0 Å². The Bertz CT molecular complexity index is 1760. The highest BCUT2D eigenvalue weighted by Crippen LogP contribution is 2.45. The normalized spacial score (nSPS) is 19.0. The maximum absolute atomic E-state index is 13.6. The number of carbonyl (C=O) groups excluding carboxylic acids is 2. The molecule has 0 spiro atoms. The van der Waals surface area contributed by atoms with E-state index in [0.717, 1.165) is 16.7 Å². The fourth-order valence-corrected chi connectivity index (χ4v) is 6.15. The molecule has 8 nitrogen and oxygen atoms in total. The molecule has 0 atom stereocenters. The van der Waals surface area contributed by atoms with E-state index in [4.69, 9.17) is 30.8 Å². The Morgan fingerprint density at radius 2 is 1.38 bits per heavy atom. The first kappa shape index (κ1) is 34.5. The third kappa shape index (κ3) is 7.49. The lowest BCUT2D eigenvalue weighted by molar-refractivity contribution is -0.188. The molecule has 9 heteroatoms. The van der Waals surface area contributed by atoms with Gasteiger partial charge in [-0.1, -0.05) is 66.2 Å². The van der Waals surface area contributed by atoms with E-state index >= 15 is 0 Å². The molecule has 47 heavy (non-hydrogen) atoms. The van der Waals surface area contributed by atoms with Gasteiger partial charge in [-0.2, -0.15) is 0 Å². The van der Waals surface area contributed by atoms with Crippen LogP contribution in [0, 0.1) is 5.41 Å². The fourth-order valence-electron chi connectivity index (χ4n) is 5.89. The third-order valence-electron chi connectivity index (χ3n) is 8.67. The van der Waals surface area contributed by atoms with Crippen molar-refractivity contribution < 1.29 is 28.9 Å². The third-order valence-corrected chi connectivity index (χ3v) is 8.96. The van der Waals surface area contributed by atoms with Gasteiger partial charge in [-0.05, 0) is 98.3 Å². The first-order valence-corrected chi connectivity index (χ1v) is 16.5. The van der Waals surface area contributed by atoms with Crippen molar-refractivity contribution in [2.75, 3.05) is 0 Å². The number of nitrogens with zero attached hydrogens (tertiary/aromatic N) is 2. The van der Waals surface area contributed by atoms with Gasteiger partial charge in [0.05, 0.1) is 32.8 Å². The molecule has 2 heterocycles. The van der Waals surface area contributed by atoms with Crippen molar-refractivity contribution in [1.29, 1.82) is 0 Å². The molecule has 1 aliphatic rings. The molecule has 1 aliphatic carbocycles. The Balaban J connectivity index is 1.43. The van der Waals surface area contributed by atoms with Crippen LogP contribution in [0.2, 0.25) is 5.02 Å². The average molecular weight is 661 g/mol. The number of rotatable bonds is 6. The van der Waals surface area contributed by atoms with Gasteiger partial charge in [-0.15, -0.1) is 0 Å². The van der Waals surface area contributed by atoms with Crippen LogP contribution < -0.4 is 4.74 Å². The summed E-state index contributed by atoms with van der Waals surface area (Å²) in [4.78, 5) is 31.5. The molecular weight excluding hydrogens is 616 g/mol. The Morgan fingerprint density at radius 1 is 0.830 bits per heavy atom. The number of carbonyl (C=O) groups is 2. The lowest BCUT2D eigenvalue weighted by Gasteiger charge is -2.45. The van der Waals surface area contributed by atoms with Gasteiger partial charge < -0.3 is 19.3 Å². The van der Waals surface area contributed by atoms with E-state index in [9.17, 15) is 14.7 Å². The topological polar surface area (TPSA) is 99.9 Å². The van der Waals surface area contributed by atoms with Crippen molar-refractivity contribution in [1.82, 2.24) is 9.55 Å². The second-order valence-corrected chi connectivity index (χ2v) is 15.3. The number of esters is 1. The number of pyridine rings is 1. The maximum atomic E-state index is 13.6. The van der Waals surface area contributed by atoms with Gasteiger partial charge in [-0.25, -0.2) is 14.3 Å². The van der Waals surface area contributed by atoms with Crippen LogP contribution in [-0.2, 0) is 14.3 Å². The Hall–Kier alpha value is -3.88. The van der Waals surface area contributed by atoms with Crippen LogP contribution in [0.5, 0.6) is 5.88 Å². The van der Waals surface area contributed by atoms with E-state index in [1.807, 2.05) is 63.2 Å². The second kappa shape index (κ2) is 12.6. The van der Waals surface area contributed by atoms with Gasteiger partial charge in [0.1, 0.15) is 17.3 Å². The quantitative estimate of drug-likeness (QED) is 0.206. The van der Waals surface area contributed by atoms with Crippen LogP contribution in [0.25, 0.3) is 33.4 Å². The number of ether oxygens (including phenoxy) is 3.